The highest BCUT2D eigenvalue weighted by Gasteiger charge is 2.08. The molecule has 14 heavy (non-hydrogen) atoms. The van der Waals surface area contributed by atoms with Crippen LogP contribution in [0.4, 0.5) is 0 Å². The molecule has 78 valence electrons. The lowest BCUT2D eigenvalue weighted by Gasteiger charge is -1.97. The van der Waals surface area contributed by atoms with Gasteiger partial charge in [0.1, 0.15) is 12.2 Å². The van der Waals surface area contributed by atoms with Crippen molar-refractivity contribution in [2.45, 2.75) is 6.54 Å². The van der Waals surface area contributed by atoms with Gasteiger partial charge in [-0.05, 0) is 6.07 Å². The number of hydroxylamine groups is 1. The maximum absolute atomic E-state index is 10.9. The van der Waals surface area contributed by atoms with E-state index in [4.69, 9.17) is 10.3 Å². The first-order valence-corrected chi connectivity index (χ1v) is 3.82. The third kappa shape index (κ3) is 3.56. The molecule has 1 heterocycles. The number of hydrogen-bond donors (Lipinski definition) is 3. The Labute approximate surface area is 98.4 Å². The molecule has 1 aromatic rings. The highest BCUT2D eigenvalue weighted by molar-refractivity contribution is 5.92. The van der Waals surface area contributed by atoms with Gasteiger partial charge in [-0.15, -0.1) is 0 Å². The Hall–Kier alpha value is -0.730. The average molecular weight is 310 g/mol. The second-order valence-electron chi connectivity index (χ2n) is 2.49. The van der Waals surface area contributed by atoms with Crippen molar-refractivity contribution >= 4 is 5.91 Å². The first kappa shape index (κ1) is 13.3. The molecule has 0 saturated carbocycles. The third-order valence-electron chi connectivity index (χ3n) is 1.58. The highest BCUT2D eigenvalue weighted by atomic mass is 127. The fraction of sp³-hybridized carbons (Fsp3) is 0.250. The Morgan fingerprint density at radius 3 is 2.86 bits per heavy atom. The Bertz CT molecular complexity index is 306. The van der Waals surface area contributed by atoms with Crippen molar-refractivity contribution in [3.05, 3.63) is 30.1 Å². The molecule has 0 aliphatic heterocycles. The number of hydrogen-bond acceptors (Lipinski definition) is 3. The van der Waals surface area contributed by atoms with E-state index in [1.165, 1.54) is 5.48 Å². The van der Waals surface area contributed by atoms with Gasteiger partial charge in [0.2, 0.25) is 0 Å². The molecule has 0 saturated heterocycles. The molecule has 0 unspecified atom stereocenters. The zero-order valence-corrected chi connectivity index (χ0v) is 9.51. The van der Waals surface area contributed by atoms with Gasteiger partial charge >= 0.3 is 0 Å². The Balaban J connectivity index is 0.00000169. The maximum atomic E-state index is 10.9. The molecule has 0 aliphatic rings. The lowest BCUT2D eigenvalue weighted by molar-refractivity contribution is -0.698. The van der Waals surface area contributed by atoms with Gasteiger partial charge in [-0.3, -0.25) is 10.0 Å². The van der Waals surface area contributed by atoms with E-state index < -0.39 is 5.91 Å². The number of aromatic nitrogens is 1. The molecule has 1 aromatic heterocycles. The van der Waals surface area contributed by atoms with Crippen LogP contribution in [0.5, 0.6) is 0 Å². The summed E-state index contributed by atoms with van der Waals surface area (Å²) in [7, 11) is 0. The standard InChI is InChI=1S/C8H10N2O3.HI/c11-5-4-10-3-1-2-7(6-10)8(12)9-13;/h1-3,6,11H,4-5H2,(H-,9,12,13);1H. The van der Waals surface area contributed by atoms with E-state index in [-0.39, 0.29) is 30.6 Å². The van der Waals surface area contributed by atoms with Crippen LogP contribution in [-0.2, 0) is 6.54 Å². The van der Waals surface area contributed by atoms with Crippen LogP contribution in [0, 0.1) is 0 Å². The Morgan fingerprint density at radius 2 is 2.29 bits per heavy atom. The summed E-state index contributed by atoms with van der Waals surface area (Å²) in [4.78, 5) is 10.9. The van der Waals surface area contributed by atoms with Crippen LogP contribution in [-0.4, -0.2) is 22.8 Å². The monoisotopic (exact) mass is 310 g/mol. The van der Waals surface area contributed by atoms with Gasteiger partial charge in [0.05, 0.1) is 0 Å². The SMILES string of the molecule is O=C(NO)c1ccc[n+](CCO)c1.[I-]. The fourth-order valence-corrected chi connectivity index (χ4v) is 0.975. The third-order valence-corrected chi connectivity index (χ3v) is 1.58. The minimum atomic E-state index is -0.563. The number of nitrogens with zero attached hydrogens (tertiary/aromatic N) is 1. The summed E-state index contributed by atoms with van der Waals surface area (Å²) in [5.74, 6) is -0.563. The zero-order valence-electron chi connectivity index (χ0n) is 7.35. The summed E-state index contributed by atoms with van der Waals surface area (Å²) < 4.78 is 1.66. The molecule has 0 radical (unpaired) electrons. The number of rotatable bonds is 3. The van der Waals surface area contributed by atoms with Crippen LogP contribution >= 0.6 is 0 Å². The van der Waals surface area contributed by atoms with E-state index in [9.17, 15) is 4.79 Å². The van der Waals surface area contributed by atoms with Gasteiger partial charge < -0.3 is 29.1 Å². The van der Waals surface area contributed by atoms with Gasteiger partial charge in [-0.2, -0.15) is 0 Å². The molecule has 3 N–H and O–H groups in total. The van der Waals surface area contributed by atoms with E-state index in [0.717, 1.165) is 0 Å². The van der Waals surface area contributed by atoms with Crippen molar-refractivity contribution in [1.82, 2.24) is 5.48 Å². The van der Waals surface area contributed by atoms with Crippen molar-refractivity contribution in [2.75, 3.05) is 6.61 Å². The van der Waals surface area contributed by atoms with Crippen LogP contribution in [0.15, 0.2) is 24.5 Å². The summed E-state index contributed by atoms with van der Waals surface area (Å²) in [6.07, 6.45) is 3.27. The van der Waals surface area contributed by atoms with Crippen LogP contribution in [0.25, 0.3) is 0 Å². The van der Waals surface area contributed by atoms with E-state index in [2.05, 4.69) is 0 Å². The van der Waals surface area contributed by atoms with Gasteiger partial charge in [0.25, 0.3) is 5.91 Å². The molecule has 0 aliphatic carbocycles. The summed E-state index contributed by atoms with van der Waals surface area (Å²) >= 11 is 0. The van der Waals surface area contributed by atoms with Gasteiger partial charge in [-0.1, -0.05) is 0 Å². The second kappa shape index (κ2) is 6.68. The highest BCUT2D eigenvalue weighted by Crippen LogP contribution is 1.92. The normalized spacial score (nSPS) is 9.00. The molecule has 5 nitrogen and oxygen atoms in total. The Morgan fingerprint density at radius 1 is 1.57 bits per heavy atom. The second-order valence-corrected chi connectivity index (χ2v) is 2.49. The number of pyridine rings is 1. The molecule has 1 rings (SSSR count). The van der Waals surface area contributed by atoms with E-state index in [1.54, 1.807) is 29.1 Å². The number of amides is 1. The van der Waals surface area contributed by atoms with E-state index >= 15 is 0 Å². The Kier molecular flexibility index (Phi) is 6.34. The minimum Gasteiger partial charge on any atom is -1.00 e. The van der Waals surface area contributed by atoms with Crippen LogP contribution in [0.2, 0.25) is 0 Å². The molecule has 0 aromatic carbocycles. The van der Waals surface area contributed by atoms with Crippen molar-refractivity contribution < 1.29 is 43.7 Å². The average Bonchev–Trinajstić information content (AvgIpc) is 2.18. The largest absolute Gasteiger partial charge is 1.00 e. The minimum absolute atomic E-state index is 0. The zero-order chi connectivity index (χ0) is 9.68. The molecule has 0 spiro atoms. The maximum Gasteiger partial charge on any atom is 0.280 e. The lowest BCUT2D eigenvalue weighted by atomic mass is 10.3. The fourth-order valence-electron chi connectivity index (χ4n) is 0.975. The number of aliphatic hydroxyl groups excluding tert-OH is 1. The van der Waals surface area contributed by atoms with Crippen LogP contribution < -0.4 is 34.0 Å². The van der Waals surface area contributed by atoms with E-state index in [1.807, 2.05) is 0 Å². The molecule has 6 heteroatoms. The number of carbonyl (C=O) groups is 1. The van der Waals surface area contributed by atoms with Crippen molar-refractivity contribution in [1.29, 1.82) is 0 Å². The predicted molar refractivity (Wildman–Crippen MR) is 43.0 cm³/mol. The van der Waals surface area contributed by atoms with Crippen molar-refractivity contribution in [3.8, 4) is 0 Å². The first-order valence-electron chi connectivity index (χ1n) is 3.82. The van der Waals surface area contributed by atoms with Crippen molar-refractivity contribution in [3.63, 3.8) is 0 Å². The van der Waals surface area contributed by atoms with Gasteiger partial charge in [0.15, 0.2) is 18.9 Å². The first-order chi connectivity index (χ1) is 6.27. The van der Waals surface area contributed by atoms with Crippen molar-refractivity contribution in [2.24, 2.45) is 0 Å². The summed E-state index contributed by atoms with van der Waals surface area (Å²) in [6, 6.07) is 3.24. The lowest BCUT2D eigenvalue weighted by Crippen LogP contribution is -3.00. The van der Waals surface area contributed by atoms with Crippen LogP contribution in [0.1, 0.15) is 10.4 Å². The smallest absolute Gasteiger partial charge is 0.280 e. The van der Waals surface area contributed by atoms with E-state index in [0.29, 0.717) is 12.1 Å². The summed E-state index contributed by atoms with van der Waals surface area (Å²) in [6.45, 7) is 0.432. The summed E-state index contributed by atoms with van der Waals surface area (Å²) in [5.41, 5.74) is 1.88. The molecule has 0 fully saturated rings. The number of aliphatic hydroxyl groups is 1. The summed E-state index contributed by atoms with van der Waals surface area (Å²) in [5, 5.41) is 17.0. The van der Waals surface area contributed by atoms with Gasteiger partial charge in [0, 0.05) is 6.07 Å². The topological polar surface area (TPSA) is 73.4 Å². The number of nitrogens with one attached hydrogen (secondary N) is 1. The molecule has 0 bridgehead atoms. The van der Waals surface area contributed by atoms with Gasteiger partial charge in [-0.25, -0.2) is 10.0 Å². The quantitative estimate of drug-likeness (QED) is 0.231. The number of carbonyl (C=O) groups excluding carboxylic acids is 1. The molecule has 0 atom stereocenters. The number of halogens is 1. The molecular weight excluding hydrogens is 299 g/mol. The molecule has 1 amide bonds. The molecular formula is C8H11IN2O3. The van der Waals surface area contributed by atoms with Crippen LogP contribution in [0.3, 0.4) is 0 Å². The predicted octanol–water partition coefficient (Wildman–Crippen LogP) is -3.91.